The first-order valence-corrected chi connectivity index (χ1v) is 6.57. The van der Waals surface area contributed by atoms with Crippen LogP contribution in [0.2, 0.25) is 0 Å². The Morgan fingerprint density at radius 1 is 1.47 bits per heavy atom. The fourth-order valence-electron chi connectivity index (χ4n) is 2.82. The number of nitrogens with zero attached hydrogens (tertiary/aromatic N) is 1. The molecule has 1 N–H and O–H groups in total. The van der Waals surface area contributed by atoms with Crippen molar-refractivity contribution in [3.8, 4) is 17.2 Å². The van der Waals surface area contributed by atoms with E-state index in [2.05, 4.69) is 11.0 Å². The average molecular weight is 265 g/mol. The van der Waals surface area contributed by atoms with E-state index in [-0.39, 0.29) is 12.9 Å². The minimum atomic E-state index is -0.318. The highest BCUT2D eigenvalue weighted by atomic mass is 16.7. The maximum absolute atomic E-state index is 9.52. The van der Waals surface area contributed by atoms with Gasteiger partial charge in [-0.15, -0.1) is 0 Å². The van der Waals surface area contributed by atoms with Gasteiger partial charge in [-0.1, -0.05) is 0 Å². The summed E-state index contributed by atoms with van der Waals surface area (Å²) in [5, 5.41) is 9.52. The standard InChI is InChI=1S/C14H19NO4/c1-9(16)6-15-4-3-10-5-12-14(19-8-18-12)13(17-2)11(10)7-15/h5,9,16H,3-4,6-8H2,1-2H3. The van der Waals surface area contributed by atoms with E-state index >= 15 is 0 Å². The predicted molar refractivity (Wildman–Crippen MR) is 69.8 cm³/mol. The van der Waals surface area contributed by atoms with Crippen molar-refractivity contribution in [3.05, 3.63) is 17.2 Å². The zero-order valence-electron chi connectivity index (χ0n) is 11.3. The Labute approximate surface area is 112 Å². The molecule has 0 amide bonds. The fraction of sp³-hybridized carbons (Fsp3) is 0.571. The molecule has 104 valence electrons. The second-order valence-corrected chi connectivity index (χ2v) is 5.12. The predicted octanol–water partition coefficient (Wildman–Crippen LogP) is 1.16. The molecule has 1 aromatic rings. The smallest absolute Gasteiger partial charge is 0.231 e. The van der Waals surface area contributed by atoms with E-state index in [1.807, 2.05) is 6.92 Å². The van der Waals surface area contributed by atoms with E-state index in [1.54, 1.807) is 7.11 Å². The van der Waals surface area contributed by atoms with Crippen molar-refractivity contribution in [2.45, 2.75) is 26.0 Å². The number of hydrogen-bond donors (Lipinski definition) is 1. The Morgan fingerprint density at radius 3 is 3.05 bits per heavy atom. The molecule has 0 aliphatic carbocycles. The Hall–Kier alpha value is -1.46. The number of aliphatic hydroxyl groups is 1. The zero-order chi connectivity index (χ0) is 13.4. The van der Waals surface area contributed by atoms with Gasteiger partial charge in [0.25, 0.3) is 0 Å². The average Bonchev–Trinajstić information content (AvgIpc) is 2.83. The number of fused-ring (bicyclic) bond motifs is 2. The van der Waals surface area contributed by atoms with E-state index < -0.39 is 0 Å². The molecule has 0 saturated heterocycles. The Morgan fingerprint density at radius 2 is 2.32 bits per heavy atom. The van der Waals surface area contributed by atoms with Gasteiger partial charge >= 0.3 is 0 Å². The van der Waals surface area contributed by atoms with Gasteiger partial charge < -0.3 is 19.3 Å². The van der Waals surface area contributed by atoms with Gasteiger partial charge in [-0.3, -0.25) is 4.90 Å². The normalized spacial score (nSPS) is 19.1. The van der Waals surface area contributed by atoms with Crippen molar-refractivity contribution in [2.75, 3.05) is 27.0 Å². The van der Waals surface area contributed by atoms with Gasteiger partial charge in [0.1, 0.15) is 0 Å². The molecule has 1 unspecified atom stereocenters. The number of rotatable bonds is 3. The summed E-state index contributed by atoms with van der Waals surface area (Å²) in [5.41, 5.74) is 2.40. The number of hydrogen-bond acceptors (Lipinski definition) is 5. The number of β-amino-alcohol motifs (C(OH)–C–C–N with tert-alkyl or cyclic N) is 1. The van der Waals surface area contributed by atoms with Crippen LogP contribution in [-0.4, -0.2) is 43.1 Å². The number of ether oxygens (including phenoxy) is 3. The van der Waals surface area contributed by atoms with Crippen molar-refractivity contribution in [2.24, 2.45) is 0 Å². The summed E-state index contributed by atoms with van der Waals surface area (Å²) in [5.74, 6) is 2.26. The fourth-order valence-corrected chi connectivity index (χ4v) is 2.82. The summed E-state index contributed by atoms with van der Waals surface area (Å²) in [6.07, 6.45) is 0.622. The Bertz CT molecular complexity index is 487. The quantitative estimate of drug-likeness (QED) is 0.889. The van der Waals surface area contributed by atoms with E-state index in [1.165, 1.54) is 5.56 Å². The highest BCUT2D eigenvalue weighted by Crippen LogP contribution is 2.46. The first-order valence-electron chi connectivity index (χ1n) is 6.57. The molecule has 0 saturated carbocycles. The van der Waals surface area contributed by atoms with Crippen LogP contribution in [0.3, 0.4) is 0 Å². The van der Waals surface area contributed by atoms with Crippen LogP contribution in [-0.2, 0) is 13.0 Å². The SMILES string of the molecule is COc1c2c(cc3c1OCO3)CCN(CC(C)O)C2. The molecule has 19 heavy (non-hydrogen) atoms. The first kappa shape index (κ1) is 12.6. The van der Waals surface area contributed by atoms with Gasteiger partial charge in [-0.25, -0.2) is 0 Å². The van der Waals surface area contributed by atoms with Crippen molar-refractivity contribution >= 4 is 0 Å². The molecule has 0 spiro atoms. The minimum Gasteiger partial charge on any atom is -0.492 e. The van der Waals surface area contributed by atoms with Gasteiger partial charge in [-0.05, 0) is 25.0 Å². The molecule has 5 nitrogen and oxygen atoms in total. The molecule has 1 atom stereocenters. The molecule has 0 bridgehead atoms. The van der Waals surface area contributed by atoms with Gasteiger partial charge in [0.15, 0.2) is 11.5 Å². The lowest BCUT2D eigenvalue weighted by molar-refractivity contribution is 0.118. The number of benzene rings is 1. The highest BCUT2D eigenvalue weighted by Gasteiger charge is 2.28. The largest absolute Gasteiger partial charge is 0.492 e. The first-order chi connectivity index (χ1) is 9.19. The lowest BCUT2D eigenvalue weighted by atomic mass is 9.97. The summed E-state index contributed by atoms with van der Waals surface area (Å²) in [6, 6.07) is 2.06. The molecule has 0 radical (unpaired) electrons. The van der Waals surface area contributed by atoms with Gasteiger partial charge in [0.2, 0.25) is 12.5 Å². The maximum Gasteiger partial charge on any atom is 0.231 e. The molecule has 2 aliphatic heterocycles. The lowest BCUT2D eigenvalue weighted by Gasteiger charge is -2.30. The second-order valence-electron chi connectivity index (χ2n) is 5.12. The molecular formula is C14H19NO4. The van der Waals surface area contributed by atoms with Crippen LogP contribution in [0.15, 0.2) is 6.07 Å². The van der Waals surface area contributed by atoms with Crippen LogP contribution >= 0.6 is 0 Å². The molecule has 0 fully saturated rings. The molecule has 2 aliphatic rings. The number of aliphatic hydroxyl groups excluding tert-OH is 1. The molecule has 1 aromatic carbocycles. The third kappa shape index (κ3) is 2.24. The monoisotopic (exact) mass is 265 g/mol. The van der Waals surface area contributed by atoms with Crippen LogP contribution < -0.4 is 14.2 Å². The Kier molecular flexibility index (Phi) is 3.24. The maximum atomic E-state index is 9.52. The minimum absolute atomic E-state index is 0.256. The van der Waals surface area contributed by atoms with E-state index in [9.17, 15) is 5.11 Å². The second kappa shape index (κ2) is 4.90. The zero-order valence-corrected chi connectivity index (χ0v) is 11.3. The van der Waals surface area contributed by atoms with Crippen LogP contribution in [0.25, 0.3) is 0 Å². The molecule has 5 heteroatoms. The third-order valence-corrected chi connectivity index (χ3v) is 3.62. The third-order valence-electron chi connectivity index (χ3n) is 3.62. The summed E-state index contributed by atoms with van der Waals surface area (Å²) < 4.78 is 16.4. The van der Waals surface area contributed by atoms with Gasteiger partial charge in [0.05, 0.1) is 13.2 Å². The molecule has 2 heterocycles. The van der Waals surface area contributed by atoms with Crippen molar-refractivity contribution < 1.29 is 19.3 Å². The van der Waals surface area contributed by atoms with Crippen LogP contribution in [0.1, 0.15) is 18.1 Å². The molecule has 0 aromatic heterocycles. The molecular weight excluding hydrogens is 246 g/mol. The van der Waals surface area contributed by atoms with Crippen molar-refractivity contribution in [3.63, 3.8) is 0 Å². The van der Waals surface area contributed by atoms with E-state index in [4.69, 9.17) is 14.2 Å². The highest BCUT2D eigenvalue weighted by molar-refractivity contribution is 5.60. The summed E-state index contributed by atoms with van der Waals surface area (Å²) in [6.45, 7) is 4.47. The summed E-state index contributed by atoms with van der Waals surface area (Å²) >= 11 is 0. The van der Waals surface area contributed by atoms with Gasteiger partial charge in [0, 0.05) is 25.2 Å². The van der Waals surface area contributed by atoms with Crippen LogP contribution in [0.4, 0.5) is 0 Å². The lowest BCUT2D eigenvalue weighted by Crippen LogP contribution is -2.35. The number of methoxy groups -OCH3 is 1. The summed E-state index contributed by atoms with van der Waals surface area (Å²) in [7, 11) is 1.66. The van der Waals surface area contributed by atoms with Crippen LogP contribution in [0, 0.1) is 0 Å². The molecule has 3 rings (SSSR count). The van der Waals surface area contributed by atoms with Crippen molar-refractivity contribution in [1.29, 1.82) is 0 Å². The van der Waals surface area contributed by atoms with Gasteiger partial charge in [-0.2, -0.15) is 0 Å². The van der Waals surface area contributed by atoms with E-state index in [0.29, 0.717) is 12.3 Å². The summed E-state index contributed by atoms with van der Waals surface area (Å²) in [4.78, 5) is 2.23. The van der Waals surface area contributed by atoms with Crippen LogP contribution in [0.5, 0.6) is 17.2 Å². The van der Waals surface area contributed by atoms with E-state index in [0.717, 1.165) is 36.6 Å². The Balaban J connectivity index is 1.95. The van der Waals surface area contributed by atoms with Crippen molar-refractivity contribution in [1.82, 2.24) is 4.90 Å². The topological polar surface area (TPSA) is 51.2 Å².